The van der Waals surface area contributed by atoms with Crippen LogP contribution in [0.5, 0.6) is 0 Å². The Hall–Kier alpha value is 0.0169. The Labute approximate surface area is 148 Å². The molecular formula is C18H36O5Si. The van der Waals surface area contributed by atoms with Crippen LogP contribution < -0.4 is 0 Å². The van der Waals surface area contributed by atoms with Gasteiger partial charge in [0, 0.05) is 0 Å². The van der Waals surface area contributed by atoms with Crippen molar-refractivity contribution < 1.29 is 23.7 Å². The molecule has 0 aromatic rings. The summed E-state index contributed by atoms with van der Waals surface area (Å²) in [6, 6.07) is 0. The maximum Gasteiger partial charge on any atom is 0.203 e. The Morgan fingerprint density at radius 3 is 1.83 bits per heavy atom. The molecule has 0 spiro atoms. The van der Waals surface area contributed by atoms with E-state index in [1.165, 1.54) is 0 Å². The summed E-state index contributed by atoms with van der Waals surface area (Å²) in [7, 11) is -2.12. The molecule has 0 aliphatic carbocycles. The first kappa shape index (κ1) is 20.3. The maximum absolute atomic E-state index is 10.4. The molecule has 1 N–H and O–H groups in total. The molecule has 0 amide bonds. The number of hydrogen-bond acceptors (Lipinski definition) is 5. The standard InChI is InChI=1S/C18H36O5Si/c1-10(2)24(11(3)4,12(5)6)23-17-16-15(14(19)13(7)20-17)21-18(8,9)22-16/h10-17,19H,1-9H3/t13?,14-,15+,16?,17-/m0/s1. The van der Waals surface area contributed by atoms with E-state index in [0.717, 1.165) is 0 Å². The summed E-state index contributed by atoms with van der Waals surface area (Å²) in [5.41, 5.74) is 1.37. The van der Waals surface area contributed by atoms with Gasteiger partial charge in [-0.25, -0.2) is 0 Å². The zero-order valence-electron chi connectivity index (χ0n) is 16.7. The van der Waals surface area contributed by atoms with Gasteiger partial charge in [-0.15, -0.1) is 0 Å². The van der Waals surface area contributed by atoms with Gasteiger partial charge in [-0.05, 0) is 37.4 Å². The zero-order chi connectivity index (χ0) is 18.4. The third-order valence-electron chi connectivity index (χ3n) is 5.63. The molecule has 6 heteroatoms. The molecule has 0 radical (unpaired) electrons. The maximum atomic E-state index is 10.4. The second-order valence-corrected chi connectivity index (χ2v) is 14.1. The summed E-state index contributed by atoms with van der Waals surface area (Å²) in [5, 5.41) is 10.4. The van der Waals surface area contributed by atoms with Crippen molar-refractivity contribution in [2.24, 2.45) is 0 Å². The van der Waals surface area contributed by atoms with Crippen LogP contribution in [0.25, 0.3) is 0 Å². The summed E-state index contributed by atoms with van der Waals surface area (Å²) in [5.74, 6) is -0.733. The molecule has 0 bridgehead atoms. The lowest BCUT2D eigenvalue weighted by atomic mass is 10.0. The van der Waals surface area contributed by atoms with Gasteiger partial charge in [0.25, 0.3) is 0 Å². The molecule has 2 unspecified atom stereocenters. The third kappa shape index (κ3) is 3.46. The van der Waals surface area contributed by atoms with E-state index in [2.05, 4.69) is 41.5 Å². The molecule has 0 saturated carbocycles. The lowest BCUT2D eigenvalue weighted by molar-refractivity contribution is -0.246. The fourth-order valence-electron chi connectivity index (χ4n) is 4.63. The van der Waals surface area contributed by atoms with Crippen LogP contribution in [-0.4, -0.2) is 49.9 Å². The van der Waals surface area contributed by atoms with E-state index in [-0.39, 0.29) is 6.10 Å². The number of aliphatic hydroxyl groups is 1. The second kappa shape index (κ2) is 6.97. The second-order valence-electron chi connectivity index (χ2n) is 8.70. The van der Waals surface area contributed by atoms with Crippen molar-refractivity contribution in [1.82, 2.24) is 0 Å². The first-order valence-electron chi connectivity index (χ1n) is 9.29. The summed E-state index contributed by atoms with van der Waals surface area (Å²) < 4.78 is 24.9. The van der Waals surface area contributed by atoms with Crippen molar-refractivity contribution in [3.8, 4) is 0 Å². The van der Waals surface area contributed by atoms with Crippen LogP contribution >= 0.6 is 0 Å². The number of fused-ring (bicyclic) bond motifs is 1. The highest BCUT2D eigenvalue weighted by Crippen LogP contribution is 2.46. The summed E-state index contributed by atoms with van der Waals surface area (Å²) in [4.78, 5) is 0. The molecule has 142 valence electrons. The summed E-state index contributed by atoms with van der Waals surface area (Å²) in [6.45, 7) is 19.1. The monoisotopic (exact) mass is 360 g/mol. The average Bonchev–Trinajstić information content (AvgIpc) is 2.76. The predicted molar refractivity (Wildman–Crippen MR) is 96.3 cm³/mol. The molecule has 2 fully saturated rings. The van der Waals surface area contributed by atoms with Crippen LogP contribution in [0.3, 0.4) is 0 Å². The lowest BCUT2D eigenvalue weighted by Crippen LogP contribution is -2.60. The molecule has 0 aromatic carbocycles. The van der Waals surface area contributed by atoms with Crippen molar-refractivity contribution in [2.75, 3.05) is 0 Å². The van der Waals surface area contributed by atoms with Crippen LogP contribution in [0, 0.1) is 0 Å². The minimum Gasteiger partial charge on any atom is -0.389 e. The Morgan fingerprint density at radius 2 is 1.38 bits per heavy atom. The highest BCUT2D eigenvalue weighted by atomic mass is 28.4. The lowest BCUT2D eigenvalue weighted by Gasteiger charge is -2.48. The van der Waals surface area contributed by atoms with Gasteiger partial charge in [-0.1, -0.05) is 41.5 Å². The molecule has 2 aliphatic rings. The number of rotatable bonds is 5. The Balaban J connectivity index is 2.32. The molecule has 2 aliphatic heterocycles. The first-order valence-corrected chi connectivity index (χ1v) is 11.4. The molecule has 2 heterocycles. The Bertz CT molecular complexity index is 415. The number of aliphatic hydroxyl groups excluding tert-OH is 1. The van der Waals surface area contributed by atoms with E-state index in [4.69, 9.17) is 18.6 Å². The van der Waals surface area contributed by atoms with Crippen LogP contribution in [0.15, 0.2) is 0 Å². The smallest absolute Gasteiger partial charge is 0.203 e. The van der Waals surface area contributed by atoms with E-state index >= 15 is 0 Å². The Morgan fingerprint density at radius 1 is 0.917 bits per heavy atom. The van der Waals surface area contributed by atoms with Crippen LogP contribution in [0.1, 0.15) is 62.3 Å². The molecular weight excluding hydrogens is 324 g/mol. The predicted octanol–water partition coefficient (Wildman–Crippen LogP) is 3.80. The van der Waals surface area contributed by atoms with Crippen molar-refractivity contribution in [1.29, 1.82) is 0 Å². The molecule has 2 rings (SSSR count). The van der Waals surface area contributed by atoms with E-state index in [0.29, 0.717) is 16.6 Å². The minimum absolute atomic E-state index is 0.341. The SMILES string of the molecule is CC1O[C@@H](O[Si](C(C)C)(C(C)C)C(C)C)C2OC(C)(C)O[C@@H]2[C@H]1O. The largest absolute Gasteiger partial charge is 0.389 e. The zero-order valence-corrected chi connectivity index (χ0v) is 17.7. The fraction of sp³-hybridized carbons (Fsp3) is 1.00. The van der Waals surface area contributed by atoms with Gasteiger partial charge in [0.1, 0.15) is 18.3 Å². The van der Waals surface area contributed by atoms with Crippen molar-refractivity contribution >= 4 is 8.32 Å². The van der Waals surface area contributed by atoms with Gasteiger partial charge in [-0.2, -0.15) is 0 Å². The van der Waals surface area contributed by atoms with Gasteiger partial charge in [0.15, 0.2) is 12.1 Å². The van der Waals surface area contributed by atoms with Gasteiger partial charge in [0.2, 0.25) is 8.32 Å². The third-order valence-corrected chi connectivity index (χ3v) is 11.7. The molecule has 5 atom stereocenters. The van der Waals surface area contributed by atoms with E-state index in [1.54, 1.807) is 0 Å². The van der Waals surface area contributed by atoms with E-state index in [9.17, 15) is 5.11 Å². The molecule has 0 aromatic heterocycles. The van der Waals surface area contributed by atoms with Gasteiger partial charge < -0.3 is 23.7 Å². The van der Waals surface area contributed by atoms with Crippen LogP contribution in [-0.2, 0) is 18.6 Å². The normalized spacial score (nSPS) is 36.6. The van der Waals surface area contributed by atoms with Crippen LogP contribution in [0.4, 0.5) is 0 Å². The number of ether oxygens (including phenoxy) is 3. The van der Waals surface area contributed by atoms with Crippen molar-refractivity contribution in [2.45, 2.75) is 115 Å². The van der Waals surface area contributed by atoms with Crippen LogP contribution in [0.2, 0.25) is 16.6 Å². The average molecular weight is 361 g/mol. The van der Waals surface area contributed by atoms with E-state index in [1.807, 2.05) is 20.8 Å². The van der Waals surface area contributed by atoms with Gasteiger partial charge >= 0.3 is 0 Å². The summed E-state index contributed by atoms with van der Waals surface area (Å²) in [6.07, 6.45) is -2.34. The topological polar surface area (TPSA) is 57.2 Å². The molecule has 2 saturated heterocycles. The minimum atomic E-state index is -2.12. The summed E-state index contributed by atoms with van der Waals surface area (Å²) >= 11 is 0. The Kier molecular flexibility index (Phi) is 5.90. The quantitative estimate of drug-likeness (QED) is 0.756. The van der Waals surface area contributed by atoms with Crippen molar-refractivity contribution in [3.05, 3.63) is 0 Å². The number of hydrogen-bond donors (Lipinski definition) is 1. The fourth-order valence-corrected chi connectivity index (χ4v) is 10.0. The highest BCUT2D eigenvalue weighted by Gasteiger charge is 2.57. The van der Waals surface area contributed by atoms with Gasteiger partial charge in [0.05, 0.1) is 6.10 Å². The van der Waals surface area contributed by atoms with Crippen molar-refractivity contribution in [3.63, 3.8) is 0 Å². The molecule has 24 heavy (non-hydrogen) atoms. The first-order chi connectivity index (χ1) is 10.9. The molecule has 5 nitrogen and oxygen atoms in total. The van der Waals surface area contributed by atoms with Gasteiger partial charge in [-0.3, -0.25) is 0 Å². The van der Waals surface area contributed by atoms with E-state index < -0.39 is 38.7 Å². The highest BCUT2D eigenvalue weighted by molar-refractivity contribution is 6.77.